The fraction of sp³-hybridized carbons (Fsp3) is 0.923. The van der Waals surface area contributed by atoms with Crippen molar-refractivity contribution in [3.63, 3.8) is 0 Å². The Morgan fingerprint density at radius 3 is 2.29 bits per heavy atom. The molecule has 1 rings (SSSR count). The second-order valence-electron chi connectivity index (χ2n) is 5.72. The molecule has 1 aliphatic heterocycles. The predicted octanol–water partition coefficient (Wildman–Crippen LogP) is 1.27. The lowest BCUT2D eigenvalue weighted by Crippen LogP contribution is -2.51. The largest absolute Gasteiger partial charge is 0.324 e. The third kappa shape index (κ3) is 2.99. The van der Waals surface area contributed by atoms with Crippen LogP contribution in [0, 0.1) is 0 Å². The Hall–Kier alpha value is -0.610. The zero-order chi connectivity index (χ0) is 13.2. The van der Waals surface area contributed by atoms with Crippen molar-refractivity contribution < 1.29 is 4.79 Å². The number of nitrogens with zero attached hydrogens (tertiary/aromatic N) is 2. The van der Waals surface area contributed by atoms with Crippen LogP contribution in [-0.2, 0) is 4.79 Å². The van der Waals surface area contributed by atoms with Crippen molar-refractivity contribution in [3.8, 4) is 0 Å². The molecule has 2 unspecified atom stereocenters. The topological polar surface area (TPSA) is 35.6 Å². The summed E-state index contributed by atoms with van der Waals surface area (Å²) >= 11 is 0. The normalized spacial score (nSPS) is 26.1. The van der Waals surface area contributed by atoms with Crippen LogP contribution in [0.4, 0.5) is 0 Å². The van der Waals surface area contributed by atoms with E-state index >= 15 is 0 Å². The van der Waals surface area contributed by atoms with E-state index in [9.17, 15) is 4.79 Å². The summed E-state index contributed by atoms with van der Waals surface area (Å²) in [5.74, 6) is 0.259. The van der Waals surface area contributed by atoms with E-state index in [0.717, 1.165) is 19.4 Å². The monoisotopic (exact) mass is 241 g/mol. The molecule has 1 N–H and O–H groups in total. The lowest BCUT2D eigenvalue weighted by Gasteiger charge is -2.38. The molecule has 100 valence electrons. The SMILES string of the molecule is CCC1NC(CC)N(CC(C)(C)N(C)C)C1=O. The Kier molecular flexibility index (Phi) is 4.55. The molecule has 1 aliphatic rings. The molecule has 0 saturated carbocycles. The van der Waals surface area contributed by atoms with Crippen molar-refractivity contribution >= 4 is 5.91 Å². The van der Waals surface area contributed by atoms with Crippen LogP contribution in [0.3, 0.4) is 0 Å². The van der Waals surface area contributed by atoms with Crippen LogP contribution in [0.15, 0.2) is 0 Å². The van der Waals surface area contributed by atoms with Crippen molar-refractivity contribution in [2.45, 2.75) is 58.3 Å². The fourth-order valence-corrected chi connectivity index (χ4v) is 2.12. The van der Waals surface area contributed by atoms with E-state index in [-0.39, 0.29) is 23.7 Å². The zero-order valence-corrected chi connectivity index (χ0v) is 12.1. The van der Waals surface area contributed by atoms with Crippen LogP contribution in [0.1, 0.15) is 40.5 Å². The van der Waals surface area contributed by atoms with Gasteiger partial charge in [-0.2, -0.15) is 0 Å². The summed E-state index contributed by atoms with van der Waals surface area (Å²) in [7, 11) is 4.12. The van der Waals surface area contributed by atoms with Crippen LogP contribution in [0.25, 0.3) is 0 Å². The molecular weight excluding hydrogens is 214 g/mol. The van der Waals surface area contributed by atoms with Crippen molar-refractivity contribution in [2.24, 2.45) is 0 Å². The number of likely N-dealkylation sites (N-methyl/N-ethyl adjacent to an activating group) is 1. The van der Waals surface area contributed by atoms with Crippen LogP contribution >= 0.6 is 0 Å². The molecule has 2 atom stereocenters. The van der Waals surface area contributed by atoms with E-state index in [1.54, 1.807) is 0 Å². The highest BCUT2D eigenvalue weighted by molar-refractivity contribution is 5.84. The average Bonchev–Trinajstić information content (AvgIpc) is 2.55. The highest BCUT2D eigenvalue weighted by Gasteiger charge is 2.39. The first-order valence-corrected chi connectivity index (χ1v) is 6.57. The Labute approximate surface area is 105 Å². The molecule has 0 aromatic heterocycles. The van der Waals surface area contributed by atoms with E-state index in [1.807, 2.05) is 4.90 Å². The van der Waals surface area contributed by atoms with Gasteiger partial charge in [-0.1, -0.05) is 13.8 Å². The van der Waals surface area contributed by atoms with E-state index in [2.05, 4.69) is 52.0 Å². The molecule has 0 aliphatic carbocycles. The molecule has 0 spiro atoms. The summed E-state index contributed by atoms with van der Waals surface area (Å²) in [6.45, 7) is 9.31. The quantitative estimate of drug-likeness (QED) is 0.787. The van der Waals surface area contributed by atoms with Gasteiger partial charge in [0.05, 0.1) is 12.2 Å². The molecule has 17 heavy (non-hydrogen) atoms. The Balaban J connectivity index is 2.78. The molecule has 1 fully saturated rings. The summed E-state index contributed by atoms with van der Waals surface area (Å²) in [5, 5.41) is 3.41. The van der Waals surface area contributed by atoms with Gasteiger partial charge < -0.3 is 9.80 Å². The van der Waals surface area contributed by atoms with Gasteiger partial charge >= 0.3 is 0 Å². The summed E-state index contributed by atoms with van der Waals surface area (Å²) in [6.07, 6.45) is 2.03. The van der Waals surface area contributed by atoms with Crippen molar-refractivity contribution in [2.75, 3.05) is 20.6 Å². The number of nitrogens with one attached hydrogen (secondary N) is 1. The minimum Gasteiger partial charge on any atom is -0.324 e. The molecule has 0 radical (unpaired) electrons. The van der Waals surface area contributed by atoms with Crippen LogP contribution in [0.2, 0.25) is 0 Å². The standard InChI is InChI=1S/C13H27N3O/c1-7-10-12(17)16(11(8-2)14-10)9-13(3,4)15(5)6/h10-11,14H,7-9H2,1-6H3. The van der Waals surface area contributed by atoms with Gasteiger partial charge in [-0.3, -0.25) is 10.1 Å². The third-order valence-electron chi connectivity index (χ3n) is 3.91. The van der Waals surface area contributed by atoms with Gasteiger partial charge in [-0.25, -0.2) is 0 Å². The third-order valence-corrected chi connectivity index (χ3v) is 3.91. The molecule has 1 amide bonds. The van der Waals surface area contributed by atoms with E-state index < -0.39 is 0 Å². The summed E-state index contributed by atoms with van der Waals surface area (Å²) < 4.78 is 0. The van der Waals surface area contributed by atoms with Crippen LogP contribution in [0.5, 0.6) is 0 Å². The van der Waals surface area contributed by atoms with Gasteiger partial charge in [-0.15, -0.1) is 0 Å². The van der Waals surface area contributed by atoms with Crippen molar-refractivity contribution in [1.82, 2.24) is 15.1 Å². The molecule has 0 aromatic carbocycles. The van der Waals surface area contributed by atoms with Gasteiger partial charge in [0, 0.05) is 12.1 Å². The number of rotatable bonds is 5. The first kappa shape index (κ1) is 14.5. The number of carbonyl (C=O) groups excluding carboxylic acids is 1. The predicted molar refractivity (Wildman–Crippen MR) is 70.8 cm³/mol. The Morgan fingerprint density at radius 2 is 1.88 bits per heavy atom. The number of carbonyl (C=O) groups is 1. The maximum Gasteiger partial charge on any atom is 0.241 e. The smallest absolute Gasteiger partial charge is 0.241 e. The minimum absolute atomic E-state index is 0.00733. The lowest BCUT2D eigenvalue weighted by atomic mass is 10.0. The first-order valence-electron chi connectivity index (χ1n) is 6.57. The number of hydrogen-bond acceptors (Lipinski definition) is 3. The van der Waals surface area contributed by atoms with Gasteiger partial charge in [0.15, 0.2) is 0 Å². The summed E-state index contributed by atoms with van der Waals surface area (Å²) in [4.78, 5) is 16.4. The second kappa shape index (κ2) is 5.36. The Bertz CT molecular complexity index is 276. The maximum absolute atomic E-state index is 12.3. The van der Waals surface area contributed by atoms with Crippen LogP contribution < -0.4 is 5.32 Å². The van der Waals surface area contributed by atoms with E-state index in [4.69, 9.17) is 0 Å². The molecule has 0 bridgehead atoms. The molecule has 4 heteroatoms. The molecule has 1 heterocycles. The zero-order valence-electron chi connectivity index (χ0n) is 12.1. The molecular formula is C13H27N3O. The molecule has 4 nitrogen and oxygen atoms in total. The lowest BCUT2D eigenvalue weighted by molar-refractivity contribution is -0.131. The fourth-order valence-electron chi connectivity index (χ4n) is 2.12. The van der Waals surface area contributed by atoms with Gasteiger partial charge in [-0.05, 0) is 40.8 Å². The minimum atomic E-state index is 0.00733. The van der Waals surface area contributed by atoms with Crippen LogP contribution in [-0.4, -0.2) is 54.1 Å². The Morgan fingerprint density at radius 1 is 1.29 bits per heavy atom. The first-order chi connectivity index (χ1) is 7.83. The average molecular weight is 241 g/mol. The molecule has 0 aromatic rings. The molecule has 1 saturated heterocycles. The maximum atomic E-state index is 12.3. The van der Waals surface area contributed by atoms with Crippen molar-refractivity contribution in [1.29, 1.82) is 0 Å². The van der Waals surface area contributed by atoms with Gasteiger partial charge in [0.1, 0.15) is 0 Å². The number of amides is 1. The van der Waals surface area contributed by atoms with Gasteiger partial charge in [0.2, 0.25) is 5.91 Å². The second-order valence-corrected chi connectivity index (χ2v) is 5.72. The summed E-state index contributed by atoms with van der Waals surface area (Å²) in [5.41, 5.74) is 0.00733. The van der Waals surface area contributed by atoms with E-state index in [0.29, 0.717) is 0 Å². The van der Waals surface area contributed by atoms with Gasteiger partial charge in [0.25, 0.3) is 0 Å². The number of hydrogen-bond donors (Lipinski definition) is 1. The highest BCUT2D eigenvalue weighted by atomic mass is 16.2. The van der Waals surface area contributed by atoms with Crippen molar-refractivity contribution in [3.05, 3.63) is 0 Å². The highest BCUT2D eigenvalue weighted by Crippen LogP contribution is 2.21. The van der Waals surface area contributed by atoms with E-state index in [1.165, 1.54) is 0 Å². The summed E-state index contributed by atoms with van der Waals surface area (Å²) in [6, 6.07) is 0.0120.